The molecule has 0 radical (unpaired) electrons. The predicted molar refractivity (Wildman–Crippen MR) is 216 cm³/mol. The van der Waals surface area contributed by atoms with E-state index in [0.717, 1.165) is 40.6 Å². The largest absolute Gasteiger partial charge is 0.477 e. The molecule has 2 saturated carbocycles. The molecule has 54 heavy (non-hydrogen) atoms. The Morgan fingerprint density at radius 1 is 0.815 bits per heavy atom. The molecule has 0 spiro atoms. The Kier molecular flexibility index (Phi) is 8.87. The minimum absolute atomic E-state index is 0.0420. The summed E-state index contributed by atoms with van der Waals surface area (Å²) in [7, 11) is 0. The third-order valence-corrected chi connectivity index (χ3v) is 12.8. The number of nitrogens with zero attached hydrogens (tertiary/aromatic N) is 4. The summed E-state index contributed by atoms with van der Waals surface area (Å²) >= 11 is 2.41. The van der Waals surface area contributed by atoms with Crippen molar-refractivity contribution in [1.82, 2.24) is 9.55 Å². The number of benzene rings is 5. The van der Waals surface area contributed by atoms with Crippen LogP contribution in [0.4, 0.5) is 16.5 Å². The minimum atomic E-state index is -0.982. The Labute approximate surface area is 320 Å². The molecule has 0 amide bonds. The maximum Gasteiger partial charge on any atom is 0.347 e. The van der Waals surface area contributed by atoms with Crippen LogP contribution in [0.15, 0.2) is 121 Å². The molecule has 9 rings (SSSR count). The van der Waals surface area contributed by atoms with Gasteiger partial charge in [-0.2, -0.15) is 0 Å². The molecule has 0 aliphatic heterocycles. The van der Waals surface area contributed by atoms with E-state index in [0.29, 0.717) is 34.2 Å². The maximum absolute atomic E-state index is 12.2. The molecule has 2 aliphatic carbocycles. The van der Waals surface area contributed by atoms with Crippen molar-refractivity contribution < 1.29 is 19.8 Å². The average molecular weight is 751 g/mol. The zero-order valence-electron chi connectivity index (χ0n) is 29.6. The van der Waals surface area contributed by atoms with E-state index in [1.807, 2.05) is 30.3 Å². The summed E-state index contributed by atoms with van der Waals surface area (Å²) < 4.78 is 2.06. The Morgan fingerprint density at radius 2 is 1.48 bits per heavy atom. The van der Waals surface area contributed by atoms with Crippen LogP contribution in [0.1, 0.15) is 86.5 Å². The second-order valence-electron chi connectivity index (χ2n) is 14.5. The summed E-state index contributed by atoms with van der Waals surface area (Å²) in [5.74, 6) is -0.508. The highest BCUT2D eigenvalue weighted by molar-refractivity contribution is 7.17. The molecule has 0 saturated heterocycles. The lowest BCUT2D eigenvalue weighted by Crippen LogP contribution is -2.18. The van der Waals surface area contributed by atoms with Crippen LogP contribution in [0.2, 0.25) is 0 Å². The Hall–Kier alpha value is -5.58. The first-order chi connectivity index (χ1) is 26.3. The molecular formula is C44H38N4O4S2. The lowest BCUT2D eigenvalue weighted by molar-refractivity contribution is 0.0690. The molecule has 0 bridgehead atoms. The number of hydrogen-bond acceptors (Lipinski definition) is 7. The smallest absolute Gasteiger partial charge is 0.347 e. The Morgan fingerprint density at radius 3 is 2.19 bits per heavy atom. The zero-order valence-corrected chi connectivity index (χ0v) is 31.3. The van der Waals surface area contributed by atoms with Crippen molar-refractivity contribution in [3.05, 3.63) is 147 Å². The molecular weight excluding hydrogens is 713 g/mol. The van der Waals surface area contributed by atoms with Crippen molar-refractivity contribution in [2.75, 3.05) is 4.90 Å². The number of carboxylic acids is 2. The summed E-state index contributed by atoms with van der Waals surface area (Å²) in [6.45, 7) is 2.72. The van der Waals surface area contributed by atoms with Gasteiger partial charge in [-0.05, 0) is 90.0 Å². The first-order valence-electron chi connectivity index (χ1n) is 18.4. The van der Waals surface area contributed by atoms with Gasteiger partial charge in [0, 0.05) is 23.0 Å². The second kappa shape index (κ2) is 14.0. The highest BCUT2D eigenvalue weighted by Gasteiger charge is 2.40. The van der Waals surface area contributed by atoms with Gasteiger partial charge < -0.3 is 19.7 Å². The molecule has 3 unspecified atom stereocenters. The van der Waals surface area contributed by atoms with E-state index in [1.54, 1.807) is 6.20 Å². The van der Waals surface area contributed by atoms with Crippen molar-refractivity contribution in [3.8, 4) is 0 Å². The molecule has 10 heteroatoms. The van der Waals surface area contributed by atoms with Crippen molar-refractivity contribution in [2.45, 2.75) is 57.0 Å². The molecule has 2 aromatic heterocycles. The normalized spacial score (nSPS) is 17.5. The number of aromatic carboxylic acids is 2. The van der Waals surface area contributed by atoms with Gasteiger partial charge in [0.15, 0.2) is 9.93 Å². The van der Waals surface area contributed by atoms with Crippen LogP contribution in [-0.2, 0) is 6.54 Å². The number of rotatable bonds is 12. The molecule has 3 atom stereocenters. The van der Waals surface area contributed by atoms with Gasteiger partial charge in [0.1, 0.15) is 9.75 Å². The topological polar surface area (TPSA) is 108 Å². The van der Waals surface area contributed by atoms with Gasteiger partial charge in [-0.15, -0.1) is 0 Å². The third-order valence-electron chi connectivity index (χ3n) is 10.8. The highest BCUT2D eigenvalue weighted by Crippen LogP contribution is 2.54. The fourth-order valence-corrected chi connectivity index (χ4v) is 9.63. The van der Waals surface area contributed by atoms with Crippen LogP contribution in [0.5, 0.6) is 0 Å². The second-order valence-corrected chi connectivity index (χ2v) is 16.5. The first kappa shape index (κ1) is 34.2. The van der Waals surface area contributed by atoms with Crippen LogP contribution in [0.3, 0.4) is 0 Å². The minimum Gasteiger partial charge on any atom is -0.477 e. The molecule has 270 valence electrons. The van der Waals surface area contributed by atoms with E-state index >= 15 is 0 Å². The number of aromatic nitrogens is 2. The summed E-state index contributed by atoms with van der Waals surface area (Å²) in [5, 5.41) is 24.9. The summed E-state index contributed by atoms with van der Waals surface area (Å²) in [4.78, 5) is 37.0. The van der Waals surface area contributed by atoms with Crippen molar-refractivity contribution in [3.63, 3.8) is 0 Å². The number of carboxylic acid groups (broad SMARTS) is 2. The molecule has 2 heterocycles. The third kappa shape index (κ3) is 6.60. The maximum atomic E-state index is 12.2. The number of carbonyl (C=O) groups is 2. The van der Waals surface area contributed by atoms with E-state index in [9.17, 15) is 19.8 Å². The van der Waals surface area contributed by atoms with E-state index in [4.69, 9.17) is 4.99 Å². The van der Waals surface area contributed by atoms with Crippen LogP contribution >= 0.6 is 22.7 Å². The molecule has 8 nitrogen and oxygen atoms in total. The molecule has 5 aromatic carbocycles. The molecule has 2 aliphatic rings. The zero-order chi connectivity index (χ0) is 36.9. The first-order valence-corrected chi connectivity index (χ1v) is 20.0. The fourth-order valence-electron chi connectivity index (χ4n) is 7.93. The number of anilines is 2. The van der Waals surface area contributed by atoms with Gasteiger partial charge in [0.05, 0.1) is 24.1 Å². The lowest BCUT2D eigenvalue weighted by atomic mass is 9.97. The van der Waals surface area contributed by atoms with Crippen LogP contribution in [0.25, 0.3) is 21.5 Å². The summed E-state index contributed by atoms with van der Waals surface area (Å²) in [6, 6.07) is 35.7. The van der Waals surface area contributed by atoms with E-state index in [-0.39, 0.29) is 15.8 Å². The van der Waals surface area contributed by atoms with Crippen LogP contribution < -0.4 is 9.70 Å². The van der Waals surface area contributed by atoms with Gasteiger partial charge in [0.25, 0.3) is 0 Å². The Bertz CT molecular complexity index is 2620. The average Bonchev–Trinajstić information content (AvgIpc) is 4.08. The molecule has 7 aromatic rings. The van der Waals surface area contributed by atoms with Crippen LogP contribution in [-0.4, -0.2) is 31.7 Å². The Balaban J connectivity index is 1.02. The van der Waals surface area contributed by atoms with Crippen molar-refractivity contribution >= 4 is 72.7 Å². The number of thiazole rings is 2. The lowest BCUT2D eigenvalue weighted by Gasteiger charge is -2.25. The van der Waals surface area contributed by atoms with E-state index < -0.39 is 11.9 Å². The summed E-state index contributed by atoms with van der Waals surface area (Å²) in [6.07, 6.45) is 7.58. The van der Waals surface area contributed by atoms with Gasteiger partial charge in [0.2, 0.25) is 0 Å². The quantitative estimate of drug-likeness (QED) is 0.129. The standard InChI is InChI=1S/C44H38N4O4S2/c1-26(47-25-40(42(51)52)54-44(47)46-37-19-17-30(28-15-16-28)31-11-5-7-13-34(31)37)21-29-22-36(29)33-18-20-38(35-14-8-6-12-32(33)35)48(24-27-9-3-2-4-10-27)43-45-23-39(53-43)41(49)50/h2-14,17-20,23,25-26,28-29,36H,15-16,21-22,24H2,1H3,(H,49,50)(H,51,52). The van der Waals surface area contributed by atoms with Gasteiger partial charge in [-0.25, -0.2) is 19.6 Å². The SMILES string of the molecule is CC(CC1CC1c1ccc(N(Cc2ccccc2)c2ncc(C(=O)O)s2)c2ccccc12)n1cc(C(=O)O)sc1=Nc1ccc(C2CC2)c2ccccc12. The highest BCUT2D eigenvalue weighted by atomic mass is 32.1. The van der Waals surface area contributed by atoms with E-state index in [1.165, 1.54) is 63.6 Å². The monoisotopic (exact) mass is 750 g/mol. The van der Waals surface area contributed by atoms with E-state index in [2.05, 4.69) is 94.2 Å². The van der Waals surface area contributed by atoms with Gasteiger partial charge in [-0.1, -0.05) is 114 Å². The molecule has 2 N–H and O–H groups in total. The summed E-state index contributed by atoms with van der Waals surface area (Å²) in [5.41, 5.74) is 5.62. The predicted octanol–water partition coefficient (Wildman–Crippen LogP) is 10.9. The van der Waals surface area contributed by atoms with Gasteiger partial charge in [-0.3, -0.25) is 0 Å². The number of hydrogen-bond donors (Lipinski definition) is 2. The number of fused-ring (bicyclic) bond motifs is 2. The van der Waals surface area contributed by atoms with Crippen LogP contribution in [0, 0.1) is 5.92 Å². The van der Waals surface area contributed by atoms with Gasteiger partial charge >= 0.3 is 11.9 Å². The van der Waals surface area contributed by atoms with Crippen molar-refractivity contribution in [1.29, 1.82) is 0 Å². The van der Waals surface area contributed by atoms with Crippen molar-refractivity contribution in [2.24, 2.45) is 10.9 Å². The molecule has 2 fully saturated rings. The fraction of sp³-hybridized carbons (Fsp3) is 0.227.